The number of anilines is 1. The van der Waals surface area contributed by atoms with Gasteiger partial charge in [-0.1, -0.05) is 12.1 Å². The van der Waals surface area contributed by atoms with Crippen LogP contribution in [0.1, 0.15) is 5.56 Å². The Morgan fingerprint density at radius 2 is 1.86 bits per heavy atom. The number of fused-ring (bicyclic) bond motifs is 1. The molecule has 8 heteroatoms. The van der Waals surface area contributed by atoms with Crippen molar-refractivity contribution in [2.75, 3.05) is 5.73 Å². The van der Waals surface area contributed by atoms with Gasteiger partial charge < -0.3 is 5.73 Å². The lowest BCUT2D eigenvalue weighted by molar-refractivity contribution is -0.137. The van der Waals surface area contributed by atoms with Crippen molar-refractivity contribution >= 4 is 11.3 Å². The number of halogens is 4. The lowest BCUT2D eigenvalue weighted by Gasteiger charge is -2.07. The monoisotopic (exact) mass is 296 g/mol. The van der Waals surface area contributed by atoms with Crippen molar-refractivity contribution in [2.45, 2.75) is 6.18 Å². The van der Waals surface area contributed by atoms with Crippen LogP contribution in [0.5, 0.6) is 0 Å². The maximum Gasteiger partial charge on any atom is 0.417 e. The molecule has 0 spiro atoms. The van der Waals surface area contributed by atoms with Crippen LogP contribution in [0.4, 0.5) is 23.2 Å². The van der Waals surface area contributed by atoms with E-state index < -0.39 is 17.6 Å². The summed E-state index contributed by atoms with van der Waals surface area (Å²) in [6.07, 6.45) is -3.78. The van der Waals surface area contributed by atoms with E-state index in [2.05, 4.69) is 10.1 Å². The third kappa shape index (κ3) is 2.28. The summed E-state index contributed by atoms with van der Waals surface area (Å²) in [5.74, 6) is -0.595. The van der Waals surface area contributed by atoms with Crippen molar-refractivity contribution in [3.05, 3.63) is 47.9 Å². The summed E-state index contributed by atoms with van der Waals surface area (Å²) in [5, 5.41) is 3.86. The van der Waals surface area contributed by atoms with E-state index in [-0.39, 0.29) is 22.7 Å². The highest BCUT2D eigenvalue weighted by atomic mass is 19.4. The van der Waals surface area contributed by atoms with E-state index in [4.69, 9.17) is 5.73 Å². The number of rotatable bonds is 1. The molecule has 108 valence electrons. The topological polar surface area (TPSA) is 56.2 Å². The molecule has 2 aromatic heterocycles. The zero-order valence-corrected chi connectivity index (χ0v) is 10.4. The van der Waals surface area contributed by atoms with Crippen LogP contribution in [0.15, 0.2) is 36.5 Å². The van der Waals surface area contributed by atoms with Crippen LogP contribution in [-0.4, -0.2) is 14.6 Å². The van der Waals surface area contributed by atoms with E-state index in [9.17, 15) is 17.6 Å². The Labute approximate surface area is 115 Å². The first kappa shape index (κ1) is 13.3. The summed E-state index contributed by atoms with van der Waals surface area (Å²) in [4.78, 5) is 3.99. The fraction of sp³-hybridized carbons (Fsp3) is 0.0769. The number of nitrogen functional groups attached to an aromatic ring is 1. The van der Waals surface area contributed by atoms with Crippen molar-refractivity contribution in [3.8, 4) is 11.4 Å². The molecule has 0 bridgehead atoms. The number of hydrogen-bond donors (Lipinski definition) is 1. The van der Waals surface area contributed by atoms with Crippen molar-refractivity contribution in [2.24, 2.45) is 0 Å². The average Bonchev–Trinajstić information content (AvgIpc) is 2.82. The fourth-order valence-electron chi connectivity index (χ4n) is 1.92. The van der Waals surface area contributed by atoms with Gasteiger partial charge in [0.1, 0.15) is 5.82 Å². The molecule has 2 heterocycles. The second-order valence-electron chi connectivity index (χ2n) is 4.37. The van der Waals surface area contributed by atoms with E-state index in [1.807, 2.05) is 0 Å². The first-order valence-electron chi connectivity index (χ1n) is 5.84. The molecular formula is C13H8F4N4. The van der Waals surface area contributed by atoms with Crippen LogP contribution in [-0.2, 0) is 6.18 Å². The summed E-state index contributed by atoms with van der Waals surface area (Å²) < 4.78 is 52.7. The van der Waals surface area contributed by atoms with Crippen molar-refractivity contribution < 1.29 is 17.6 Å². The Balaban J connectivity index is 2.21. The van der Waals surface area contributed by atoms with Crippen LogP contribution in [0, 0.1) is 5.82 Å². The van der Waals surface area contributed by atoms with Gasteiger partial charge >= 0.3 is 6.18 Å². The quantitative estimate of drug-likeness (QED) is 0.702. The number of benzene rings is 1. The summed E-state index contributed by atoms with van der Waals surface area (Å²) in [7, 11) is 0. The molecule has 0 unspecified atom stereocenters. The number of pyridine rings is 1. The molecular weight excluding hydrogens is 288 g/mol. The molecule has 3 aromatic rings. The zero-order chi connectivity index (χ0) is 15.2. The highest BCUT2D eigenvalue weighted by Crippen LogP contribution is 2.31. The van der Waals surface area contributed by atoms with E-state index in [1.165, 1.54) is 18.2 Å². The SMILES string of the molecule is Nc1cc(C(F)(F)F)cn2nc(-c3ccccc3F)nc12. The Morgan fingerprint density at radius 1 is 1.14 bits per heavy atom. The molecule has 0 aliphatic rings. The molecule has 0 aliphatic carbocycles. The van der Waals surface area contributed by atoms with E-state index >= 15 is 0 Å². The summed E-state index contributed by atoms with van der Waals surface area (Å²) >= 11 is 0. The minimum absolute atomic E-state index is 0.0286. The van der Waals surface area contributed by atoms with Gasteiger partial charge in [0.2, 0.25) is 0 Å². The number of aromatic nitrogens is 3. The van der Waals surface area contributed by atoms with Gasteiger partial charge in [0.15, 0.2) is 11.5 Å². The van der Waals surface area contributed by atoms with Gasteiger partial charge in [-0.3, -0.25) is 0 Å². The highest BCUT2D eigenvalue weighted by molar-refractivity contribution is 5.69. The smallest absolute Gasteiger partial charge is 0.396 e. The molecule has 0 saturated heterocycles. The zero-order valence-electron chi connectivity index (χ0n) is 10.4. The number of hydrogen-bond acceptors (Lipinski definition) is 3. The maximum absolute atomic E-state index is 13.7. The summed E-state index contributed by atoms with van der Waals surface area (Å²) in [5.41, 5.74) is 4.57. The van der Waals surface area contributed by atoms with Gasteiger partial charge in [-0.25, -0.2) is 13.9 Å². The van der Waals surface area contributed by atoms with Crippen LogP contribution >= 0.6 is 0 Å². The van der Waals surface area contributed by atoms with Crippen LogP contribution in [0.3, 0.4) is 0 Å². The molecule has 0 atom stereocenters. The third-order valence-electron chi connectivity index (χ3n) is 2.90. The Hall–Kier alpha value is -2.64. The summed E-state index contributed by atoms with van der Waals surface area (Å²) in [6, 6.07) is 6.49. The number of alkyl halides is 3. The first-order valence-corrected chi connectivity index (χ1v) is 5.84. The molecule has 0 amide bonds. The lowest BCUT2D eigenvalue weighted by atomic mass is 10.2. The molecule has 0 fully saturated rings. The average molecular weight is 296 g/mol. The lowest BCUT2D eigenvalue weighted by Crippen LogP contribution is -2.08. The van der Waals surface area contributed by atoms with Gasteiger partial charge in [-0.2, -0.15) is 13.2 Å². The predicted molar refractivity (Wildman–Crippen MR) is 67.8 cm³/mol. The van der Waals surface area contributed by atoms with E-state index in [0.29, 0.717) is 0 Å². The van der Waals surface area contributed by atoms with Crippen LogP contribution in [0.2, 0.25) is 0 Å². The van der Waals surface area contributed by atoms with Crippen LogP contribution in [0.25, 0.3) is 17.0 Å². The minimum atomic E-state index is -4.55. The van der Waals surface area contributed by atoms with E-state index in [1.54, 1.807) is 6.07 Å². The second kappa shape index (κ2) is 4.44. The summed E-state index contributed by atoms with van der Waals surface area (Å²) in [6.45, 7) is 0. The highest BCUT2D eigenvalue weighted by Gasteiger charge is 2.32. The fourth-order valence-corrected chi connectivity index (χ4v) is 1.92. The molecule has 0 radical (unpaired) electrons. The normalized spacial score (nSPS) is 12.0. The predicted octanol–water partition coefficient (Wildman–Crippen LogP) is 3.14. The Morgan fingerprint density at radius 3 is 2.52 bits per heavy atom. The Bertz CT molecular complexity index is 823. The van der Waals surface area contributed by atoms with Gasteiger partial charge in [-0.05, 0) is 18.2 Å². The van der Waals surface area contributed by atoms with Gasteiger partial charge in [-0.15, -0.1) is 5.10 Å². The number of nitrogens with two attached hydrogens (primary N) is 1. The third-order valence-corrected chi connectivity index (χ3v) is 2.90. The molecule has 0 saturated carbocycles. The molecule has 0 aliphatic heterocycles. The van der Waals surface area contributed by atoms with Crippen molar-refractivity contribution in [1.82, 2.24) is 14.6 Å². The molecule has 3 rings (SSSR count). The standard InChI is InChI=1S/C13H8F4N4/c14-9-4-2-1-3-8(9)11-19-12-10(18)5-7(13(15,16)17)6-21(12)20-11/h1-6H,18H2. The van der Waals surface area contributed by atoms with Crippen molar-refractivity contribution in [1.29, 1.82) is 0 Å². The second-order valence-corrected chi connectivity index (χ2v) is 4.37. The minimum Gasteiger partial charge on any atom is -0.396 e. The van der Waals surface area contributed by atoms with E-state index in [0.717, 1.165) is 16.8 Å². The molecule has 1 aromatic carbocycles. The largest absolute Gasteiger partial charge is 0.417 e. The molecule has 4 nitrogen and oxygen atoms in total. The first-order chi connectivity index (χ1) is 9.86. The van der Waals surface area contributed by atoms with Gasteiger partial charge in [0.05, 0.1) is 16.8 Å². The van der Waals surface area contributed by atoms with Gasteiger partial charge in [0, 0.05) is 6.20 Å². The molecule has 2 N–H and O–H groups in total. The van der Waals surface area contributed by atoms with Gasteiger partial charge in [0.25, 0.3) is 0 Å². The van der Waals surface area contributed by atoms with Crippen LogP contribution < -0.4 is 5.73 Å². The maximum atomic E-state index is 13.7. The molecule has 21 heavy (non-hydrogen) atoms. The number of nitrogens with zero attached hydrogens (tertiary/aromatic N) is 3. The van der Waals surface area contributed by atoms with Crippen molar-refractivity contribution in [3.63, 3.8) is 0 Å². The Kier molecular flexibility index (Phi) is 2.82.